The van der Waals surface area contributed by atoms with E-state index in [2.05, 4.69) is 29.3 Å². The lowest BCUT2D eigenvalue weighted by molar-refractivity contribution is -0.0306. The Balaban J connectivity index is 1.94. The van der Waals surface area contributed by atoms with Crippen LogP contribution in [-0.4, -0.2) is 30.3 Å². The molecule has 1 aromatic rings. The van der Waals surface area contributed by atoms with Crippen molar-refractivity contribution in [1.82, 2.24) is 15.5 Å². The van der Waals surface area contributed by atoms with Gasteiger partial charge in [-0.05, 0) is 51.1 Å². The number of nitrogens with zero attached hydrogens (tertiary/aromatic N) is 2. The van der Waals surface area contributed by atoms with Gasteiger partial charge in [0, 0.05) is 13.5 Å². The molecular formula is C15H27N3O2. The number of hydrogen-bond donors (Lipinski definition) is 1. The molecule has 2 heterocycles. The molecule has 1 saturated heterocycles. The first-order chi connectivity index (χ1) is 9.74. The fraction of sp³-hybridized carbons (Fsp3) is 0.867. The highest BCUT2D eigenvalue weighted by atomic mass is 16.5. The van der Waals surface area contributed by atoms with Gasteiger partial charge in [-0.3, -0.25) is 0 Å². The van der Waals surface area contributed by atoms with Gasteiger partial charge in [-0.25, -0.2) is 0 Å². The maximum absolute atomic E-state index is 5.64. The van der Waals surface area contributed by atoms with E-state index in [4.69, 9.17) is 9.26 Å². The molecule has 114 valence electrons. The summed E-state index contributed by atoms with van der Waals surface area (Å²) in [7, 11) is 1.72. The smallest absolute Gasteiger partial charge is 0.226 e. The standard InChI is InChI=1S/C15H27N3O2/c1-4-15(5-2,19-3)14-17-13(20-18-14)9-8-12-7-6-10-16-11-12/h12,16H,4-11H2,1-3H3. The summed E-state index contributed by atoms with van der Waals surface area (Å²) in [4.78, 5) is 4.56. The molecule has 1 unspecified atom stereocenters. The number of aromatic nitrogens is 2. The summed E-state index contributed by atoms with van der Waals surface area (Å²) < 4.78 is 11.0. The predicted molar refractivity (Wildman–Crippen MR) is 77.5 cm³/mol. The van der Waals surface area contributed by atoms with Gasteiger partial charge >= 0.3 is 0 Å². The Morgan fingerprint density at radius 2 is 2.20 bits per heavy atom. The second-order valence-electron chi connectivity index (χ2n) is 5.67. The van der Waals surface area contributed by atoms with Crippen molar-refractivity contribution in [3.05, 3.63) is 11.7 Å². The Morgan fingerprint density at radius 1 is 1.40 bits per heavy atom. The summed E-state index contributed by atoms with van der Waals surface area (Å²) in [5.74, 6) is 2.18. The molecule has 2 rings (SSSR count). The second kappa shape index (κ2) is 7.18. The number of piperidine rings is 1. The van der Waals surface area contributed by atoms with E-state index in [1.807, 2.05) is 0 Å². The van der Waals surface area contributed by atoms with Crippen LogP contribution < -0.4 is 5.32 Å². The number of aryl methyl sites for hydroxylation is 1. The molecule has 5 heteroatoms. The summed E-state index contributed by atoms with van der Waals surface area (Å²) in [6.07, 6.45) is 6.27. The van der Waals surface area contributed by atoms with Gasteiger partial charge in [0.05, 0.1) is 0 Å². The van der Waals surface area contributed by atoms with Crippen molar-refractivity contribution in [3.8, 4) is 0 Å². The van der Waals surface area contributed by atoms with Crippen molar-refractivity contribution in [2.24, 2.45) is 5.92 Å². The number of rotatable bonds is 7. The van der Waals surface area contributed by atoms with E-state index in [1.54, 1.807) is 7.11 Å². The van der Waals surface area contributed by atoms with E-state index in [9.17, 15) is 0 Å². The Kier molecular flexibility index (Phi) is 5.54. The molecule has 1 aromatic heterocycles. The van der Waals surface area contributed by atoms with Crippen LogP contribution in [0.2, 0.25) is 0 Å². The fourth-order valence-corrected chi connectivity index (χ4v) is 2.99. The minimum absolute atomic E-state index is 0.395. The maximum atomic E-state index is 5.64. The van der Waals surface area contributed by atoms with E-state index in [0.29, 0.717) is 5.82 Å². The zero-order valence-electron chi connectivity index (χ0n) is 12.9. The summed E-state index contributed by atoms with van der Waals surface area (Å²) >= 11 is 0. The summed E-state index contributed by atoms with van der Waals surface area (Å²) in [5.41, 5.74) is -0.395. The monoisotopic (exact) mass is 281 g/mol. The summed E-state index contributed by atoms with van der Waals surface area (Å²) in [5, 5.41) is 7.58. The molecule has 1 aliphatic rings. The molecule has 5 nitrogen and oxygen atoms in total. The number of methoxy groups -OCH3 is 1. The molecule has 0 aliphatic carbocycles. The molecule has 0 spiro atoms. The third kappa shape index (κ3) is 3.38. The Labute approximate surface area is 121 Å². The predicted octanol–water partition coefficient (Wildman–Crippen LogP) is 2.66. The highest BCUT2D eigenvalue weighted by Gasteiger charge is 2.33. The minimum atomic E-state index is -0.395. The lowest BCUT2D eigenvalue weighted by atomic mass is 9.94. The van der Waals surface area contributed by atoms with E-state index < -0.39 is 5.60 Å². The highest BCUT2D eigenvalue weighted by molar-refractivity contribution is 5.01. The lowest BCUT2D eigenvalue weighted by Crippen LogP contribution is -2.30. The Morgan fingerprint density at radius 3 is 2.80 bits per heavy atom. The largest absolute Gasteiger partial charge is 0.370 e. The first-order valence-corrected chi connectivity index (χ1v) is 7.83. The third-order valence-corrected chi connectivity index (χ3v) is 4.57. The van der Waals surface area contributed by atoms with Crippen LogP contribution in [0.5, 0.6) is 0 Å². The van der Waals surface area contributed by atoms with E-state index in [-0.39, 0.29) is 0 Å². The van der Waals surface area contributed by atoms with Gasteiger partial charge in [0.25, 0.3) is 0 Å². The fourth-order valence-electron chi connectivity index (χ4n) is 2.99. The van der Waals surface area contributed by atoms with Crippen LogP contribution >= 0.6 is 0 Å². The van der Waals surface area contributed by atoms with Crippen molar-refractivity contribution in [2.75, 3.05) is 20.2 Å². The van der Waals surface area contributed by atoms with Crippen LogP contribution in [0, 0.1) is 5.92 Å². The third-order valence-electron chi connectivity index (χ3n) is 4.57. The van der Waals surface area contributed by atoms with Gasteiger partial charge < -0.3 is 14.6 Å². The molecule has 0 radical (unpaired) electrons. The van der Waals surface area contributed by atoms with E-state index in [1.165, 1.54) is 12.8 Å². The van der Waals surface area contributed by atoms with Crippen LogP contribution in [0.3, 0.4) is 0 Å². The van der Waals surface area contributed by atoms with Gasteiger partial charge in [-0.1, -0.05) is 19.0 Å². The van der Waals surface area contributed by atoms with Crippen molar-refractivity contribution in [3.63, 3.8) is 0 Å². The van der Waals surface area contributed by atoms with Crippen molar-refractivity contribution >= 4 is 0 Å². The van der Waals surface area contributed by atoms with Crippen LogP contribution in [-0.2, 0) is 16.8 Å². The van der Waals surface area contributed by atoms with Crippen LogP contribution in [0.1, 0.15) is 57.7 Å². The average Bonchev–Trinajstić information content (AvgIpc) is 2.98. The van der Waals surface area contributed by atoms with Gasteiger partial charge in [-0.2, -0.15) is 4.98 Å². The van der Waals surface area contributed by atoms with Crippen molar-refractivity contribution in [1.29, 1.82) is 0 Å². The van der Waals surface area contributed by atoms with Crippen LogP contribution in [0.4, 0.5) is 0 Å². The normalized spacial score (nSPS) is 20.2. The first kappa shape index (κ1) is 15.4. The molecule has 0 amide bonds. The van der Waals surface area contributed by atoms with Gasteiger partial charge in [0.15, 0.2) is 0 Å². The molecular weight excluding hydrogens is 254 g/mol. The average molecular weight is 281 g/mol. The first-order valence-electron chi connectivity index (χ1n) is 7.83. The minimum Gasteiger partial charge on any atom is -0.370 e. The Bertz CT molecular complexity index is 387. The zero-order chi connectivity index (χ0) is 14.4. The van der Waals surface area contributed by atoms with Gasteiger partial charge in [-0.15, -0.1) is 0 Å². The van der Waals surface area contributed by atoms with Crippen LogP contribution in [0.25, 0.3) is 0 Å². The van der Waals surface area contributed by atoms with Crippen LogP contribution in [0.15, 0.2) is 4.52 Å². The van der Waals surface area contributed by atoms with E-state index >= 15 is 0 Å². The number of ether oxygens (including phenoxy) is 1. The van der Waals surface area contributed by atoms with Crippen molar-refractivity contribution < 1.29 is 9.26 Å². The maximum Gasteiger partial charge on any atom is 0.226 e. The van der Waals surface area contributed by atoms with Gasteiger partial charge in [0.2, 0.25) is 11.7 Å². The molecule has 1 atom stereocenters. The van der Waals surface area contributed by atoms with Gasteiger partial charge in [0.1, 0.15) is 5.60 Å². The zero-order valence-corrected chi connectivity index (χ0v) is 12.9. The highest BCUT2D eigenvalue weighted by Crippen LogP contribution is 2.30. The van der Waals surface area contributed by atoms with Crippen molar-refractivity contribution in [2.45, 2.75) is 58.0 Å². The second-order valence-corrected chi connectivity index (χ2v) is 5.67. The summed E-state index contributed by atoms with van der Waals surface area (Å²) in [6.45, 7) is 6.46. The molecule has 0 aromatic carbocycles. The molecule has 0 bridgehead atoms. The quantitative estimate of drug-likeness (QED) is 0.832. The lowest BCUT2D eigenvalue weighted by Gasteiger charge is -2.25. The SMILES string of the molecule is CCC(CC)(OC)c1noc(CCC2CCCNC2)n1. The summed E-state index contributed by atoms with van der Waals surface area (Å²) in [6, 6.07) is 0. The number of nitrogens with one attached hydrogen (secondary N) is 1. The number of hydrogen-bond acceptors (Lipinski definition) is 5. The molecule has 1 fully saturated rings. The molecule has 0 saturated carbocycles. The molecule has 1 aliphatic heterocycles. The topological polar surface area (TPSA) is 60.2 Å². The molecule has 20 heavy (non-hydrogen) atoms. The molecule has 1 N–H and O–H groups in total. The van der Waals surface area contributed by atoms with E-state index in [0.717, 1.165) is 50.6 Å². The Hall–Kier alpha value is -0.940.